The molecule has 2 aliphatic heterocycles. The van der Waals surface area contributed by atoms with Gasteiger partial charge in [0, 0.05) is 52.0 Å². The maximum Gasteiger partial charge on any atom is 0.289 e. The number of hydrogen-bond donors (Lipinski definition) is 0. The number of likely N-dealkylation sites (tertiary alicyclic amines) is 1. The van der Waals surface area contributed by atoms with Gasteiger partial charge in [0.2, 0.25) is 5.91 Å². The Bertz CT molecular complexity index is 594. The molecular weight excluding hydrogens is 318 g/mol. The first-order valence-corrected chi connectivity index (χ1v) is 9.42. The fourth-order valence-electron chi connectivity index (χ4n) is 3.70. The SMILES string of the molecule is Cn1ccnc1C(=O)N1CCCN(C(=O)CCCN2CCCC2)CC1. The van der Waals surface area contributed by atoms with E-state index in [0.717, 1.165) is 25.9 Å². The van der Waals surface area contributed by atoms with Crippen LogP contribution in [0.4, 0.5) is 0 Å². The van der Waals surface area contributed by atoms with Gasteiger partial charge in [-0.05, 0) is 45.3 Å². The second kappa shape index (κ2) is 8.47. The predicted octanol–water partition coefficient (Wildman–Crippen LogP) is 0.971. The minimum absolute atomic E-state index is 0.0455. The van der Waals surface area contributed by atoms with Gasteiger partial charge in [-0.25, -0.2) is 4.98 Å². The molecule has 0 aliphatic carbocycles. The standard InChI is InChI=1S/C18H29N5O2/c1-20-13-7-19-17(20)18(25)23-12-5-11-22(14-15-23)16(24)6-4-10-21-8-2-3-9-21/h7,13H,2-6,8-12,14-15H2,1H3. The largest absolute Gasteiger partial charge is 0.341 e. The number of amides is 2. The van der Waals surface area contributed by atoms with Gasteiger partial charge in [0.15, 0.2) is 5.82 Å². The Morgan fingerprint density at radius 3 is 2.44 bits per heavy atom. The van der Waals surface area contributed by atoms with Crippen LogP contribution in [0.25, 0.3) is 0 Å². The molecule has 2 aliphatic rings. The maximum atomic E-state index is 12.6. The molecule has 2 fully saturated rings. The summed E-state index contributed by atoms with van der Waals surface area (Å²) in [7, 11) is 1.83. The van der Waals surface area contributed by atoms with Gasteiger partial charge in [-0.3, -0.25) is 9.59 Å². The van der Waals surface area contributed by atoms with Crippen molar-refractivity contribution in [2.45, 2.75) is 32.1 Å². The summed E-state index contributed by atoms with van der Waals surface area (Å²) in [5.74, 6) is 0.645. The number of rotatable bonds is 5. The lowest BCUT2D eigenvalue weighted by atomic mass is 10.2. The average molecular weight is 347 g/mol. The van der Waals surface area contributed by atoms with Gasteiger partial charge in [-0.2, -0.15) is 0 Å². The van der Waals surface area contributed by atoms with Crippen molar-refractivity contribution in [1.82, 2.24) is 24.3 Å². The summed E-state index contributed by atoms with van der Waals surface area (Å²) >= 11 is 0. The van der Waals surface area contributed by atoms with Gasteiger partial charge in [0.25, 0.3) is 5.91 Å². The molecule has 0 saturated carbocycles. The third kappa shape index (κ3) is 4.60. The smallest absolute Gasteiger partial charge is 0.289 e. The van der Waals surface area contributed by atoms with E-state index < -0.39 is 0 Å². The van der Waals surface area contributed by atoms with Crippen molar-refractivity contribution in [3.8, 4) is 0 Å². The molecule has 1 aromatic heterocycles. The molecule has 138 valence electrons. The quantitative estimate of drug-likeness (QED) is 0.796. The van der Waals surface area contributed by atoms with E-state index in [1.165, 1.54) is 25.9 Å². The number of carbonyl (C=O) groups is 2. The summed E-state index contributed by atoms with van der Waals surface area (Å²) < 4.78 is 1.74. The highest BCUT2D eigenvalue weighted by Crippen LogP contribution is 2.11. The van der Waals surface area contributed by atoms with E-state index in [-0.39, 0.29) is 11.8 Å². The topological polar surface area (TPSA) is 61.7 Å². The minimum atomic E-state index is -0.0455. The van der Waals surface area contributed by atoms with E-state index in [1.807, 2.05) is 16.8 Å². The van der Waals surface area contributed by atoms with Crippen molar-refractivity contribution in [3.05, 3.63) is 18.2 Å². The highest BCUT2D eigenvalue weighted by Gasteiger charge is 2.24. The van der Waals surface area contributed by atoms with Crippen LogP contribution in [0.1, 0.15) is 42.7 Å². The van der Waals surface area contributed by atoms with Crippen LogP contribution in [-0.2, 0) is 11.8 Å². The maximum absolute atomic E-state index is 12.6. The molecular formula is C18H29N5O2. The lowest BCUT2D eigenvalue weighted by Crippen LogP contribution is -2.38. The third-order valence-electron chi connectivity index (χ3n) is 5.21. The first-order chi connectivity index (χ1) is 12.1. The Balaban J connectivity index is 1.45. The Kier molecular flexibility index (Phi) is 6.07. The second-order valence-electron chi connectivity index (χ2n) is 7.04. The monoisotopic (exact) mass is 347 g/mol. The van der Waals surface area contributed by atoms with Crippen LogP contribution in [0, 0.1) is 0 Å². The summed E-state index contributed by atoms with van der Waals surface area (Å²) in [6.07, 6.45) is 8.38. The third-order valence-corrected chi connectivity index (χ3v) is 5.21. The molecule has 2 saturated heterocycles. The molecule has 3 rings (SSSR count). The molecule has 0 radical (unpaired) electrons. The van der Waals surface area contributed by atoms with Crippen LogP contribution in [0.15, 0.2) is 12.4 Å². The fraction of sp³-hybridized carbons (Fsp3) is 0.722. The lowest BCUT2D eigenvalue weighted by molar-refractivity contribution is -0.131. The lowest BCUT2D eigenvalue weighted by Gasteiger charge is -2.22. The van der Waals surface area contributed by atoms with Crippen molar-refractivity contribution < 1.29 is 9.59 Å². The number of nitrogens with zero attached hydrogens (tertiary/aromatic N) is 5. The molecule has 7 nitrogen and oxygen atoms in total. The highest BCUT2D eigenvalue weighted by atomic mass is 16.2. The zero-order valence-electron chi connectivity index (χ0n) is 15.2. The summed E-state index contributed by atoms with van der Waals surface area (Å²) in [5, 5.41) is 0. The van der Waals surface area contributed by atoms with E-state index in [9.17, 15) is 9.59 Å². The summed E-state index contributed by atoms with van der Waals surface area (Å²) in [6.45, 7) is 6.03. The molecule has 0 N–H and O–H groups in total. The van der Waals surface area contributed by atoms with Gasteiger partial charge in [0.1, 0.15) is 0 Å². The first kappa shape index (κ1) is 17.9. The Labute approximate surface area is 149 Å². The number of imidazole rings is 1. The Hall–Kier alpha value is -1.89. The zero-order chi connectivity index (χ0) is 17.6. The molecule has 7 heteroatoms. The molecule has 0 atom stereocenters. The van der Waals surface area contributed by atoms with Gasteiger partial charge >= 0.3 is 0 Å². The van der Waals surface area contributed by atoms with Crippen molar-refractivity contribution in [2.24, 2.45) is 7.05 Å². The number of aryl methyl sites for hydroxylation is 1. The molecule has 1 aromatic rings. The summed E-state index contributed by atoms with van der Waals surface area (Å²) in [5.41, 5.74) is 0. The van der Waals surface area contributed by atoms with Crippen LogP contribution in [0.5, 0.6) is 0 Å². The van der Waals surface area contributed by atoms with Gasteiger partial charge < -0.3 is 19.3 Å². The number of aromatic nitrogens is 2. The Morgan fingerprint density at radius 1 is 1.00 bits per heavy atom. The Morgan fingerprint density at radius 2 is 1.72 bits per heavy atom. The minimum Gasteiger partial charge on any atom is -0.341 e. The van der Waals surface area contributed by atoms with Gasteiger partial charge in [0.05, 0.1) is 0 Å². The first-order valence-electron chi connectivity index (χ1n) is 9.42. The van der Waals surface area contributed by atoms with Gasteiger partial charge in [-0.15, -0.1) is 0 Å². The van der Waals surface area contributed by atoms with Crippen LogP contribution in [-0.4, -0.2) is 81.9 Å². The van der Waals surface area contributed by atoms with Gasteiger partial charge in [-0.1, -0.05) is 0 Å². The summed E-state index contributed by atoms with van der Waals surface area (Å²) in [6, 6.07) is 0. The van der Waals surface area contributed by atoms with Crippen molar-refractivity contribution >= 4 is 11.8 Å². The molecule has 25 heavy (non-hydrogen) atoms. The van der Waals surface area contributed by atoms with Crippen LogP contribution in [0.3, 0.4) is 0 Å². The van der Waals surface area contributed by atoms with Crippen LogP contribution < -0.4 is 0 Å². The molecule has 0 aromatic carbocycles. The molecule has 3 heterocycles. The summed E-state index contributed by atoms with van der Waals surface area (Å²) in [4.78, 5) is 35.4. The van der Waals surface area contributed by atoms with Crippen LogP contribution >= 0.6 is 0 Å². The van der Waals surface area contributed by atoms with Crippen molar-refractivity contribution in [1.29, 1.82) is 0 Å². The second-order valence-corrected chi connectivity index (χ2v) is 7.04. The van der Waals surface area contributed by atoms with Crippen molar-refractivity contribution in [3.63, 3.8) is 0 Å². The number of carbonyl (C=O) groups excluding carboxylic acids is 2. The highest BCUT2D eigenvalue weighted by molar-refractivity contribution is 5.90. The molecule has 0 bridgehead atoms. The normalized spacial score (nSPS) is 19.2. The van der Waals surface area contributed by atoms with E-state index in [4.69, 9.17) is 0 Å². The molecule has 2 amide bonds. The van der Waals surface area contributed by atoms with E-state index in [0.29, 0.717) is 31.9 Å². The van der Waals surface area contributed by atoms with Crippen molar-refractivity contribution in [2.75, 3.05) is 45.8 Å². The molecule has 0 unspecified atom stereocenters. The number of hydrogen-bond acceptors (Lipinski definition) is 4. The van der Waals surface area contributed by atoms with E-state index in [2.05, 4.69) is 9.88 Å². The average Bonchev–Trinajstić information content (AvgIpc) is 3.20. The zero-order valence-corrected chi connectivity index (χ0v) is 15.2. The molecule has 0 spiro atoms. The fourth-order valence-corrected chi connectivity index (χ4v) is 3.70. The van der Waals surface area contributed by atoms with E-state index in [1.54, 1.807) is 17.0 Å². The van der Waals surface area contributed by atoms with Crippen LogP contribution in [0.2, 0.25) is 0 Å². The van der Waals surface area contributed by atoms with E-state index >= 15 is 0 Å². The predicted molar refractivity (Wildman–Crippen MR) is 95.2 cm³/mol.